The Kier molecular flexibility index (Phi) is 2.51. The summed E-state index contributed by atoms with van der Waals surface area (Å²) in [5, 5.41) is 1.33. The molecule has 0 saturated heterocycles. The average molecular weight is 209 g/mol. The molecule has 74 valence electrons. The van der Waals surface area contributed by atoms with Gasteiger partial charge in [0.05, 0.1) is 0 Å². The summed E-state index contributed by atoms with van der Waals surface area (Å²) in [7, 11) is 0. The third kappa shape index (κ3) is 1.32. The smallest absolute Gasteiger partial charge is 0.134 e. The molecule has 0 radical (unpaired) electrons. The van der Waals surface area contributed by atoms with Crippen LogP contribution in [0.15, 0.2) is 28.7 Å². The molecule has 0 atom stereocenters. The molecule has 0 spiro atoms. The Hall–Kier alpha value is -0.950. The number of halogens is 1. The van der Waals surface area contributed by atoms with Gasteiger partial charge in [0, 0.05) is 17.4 Å². The lowest BCUT2D eigenvalue weighted by atomic mass is 9.96. The van der Waals surface area contributed by atoms with Gasteiger partial charge in [0.1, 0.15) is 11.3 Å². The van der Waals surface area contributed by atoms with Gasteiger partial charge in [0.25, 0.3) is 0 Å². The molecule has 0 aliphatic heterocycles. The summed E-state index contributed by atoms with van der Waals surface area (Å²) in [6, 6.07) is 8.36. The second-order valence-corrected chi connectivity index (χ2v) is 3.71. The van der Waals surface area contributed by atoms with Crippen LogP contribution in [0.3, 0.4) is 0 Å². The molecule has 1 aliphatic rings. The fourth-order valence-corrected chi connectivity index (χ4v) is 2.21. The Bertz CT molecular complexity index is 445. The second kappa shape index (κ2) is 3.66. The third-order valence-electron chi connectivity index (χ3n) is 2.86. The summed E-state index contributed by atoms with van der Waals surface area (Å²) in [5.74, 6) is 1.23. The summed E-state index contributed by atoms with van der Waals surface area (Å²) in [6.07, 6.45) is 4.93. The fourth-order valence-electron chi connectivity index (χ4n) is 2.21. The number of furan rings is 1. The van der Waals surface area contributed by atoms with Gasteiger partial charge in [-0.1, -0.05) is 18.2 Å². The molecule has 0 amide bonds. The molecule has 1 nitrogen and oxygen atoms in total. The largest absolute Gasteiger partial charge is 0.461 e. The number of rotatable bonds is 0. The average Bonchev–Trinajstić information content (AvgIpc) is 2.56. The number of para-hydroxylation sites is 1. The van der Waals surface area contributed by atoms with E-state index in [1.165, 1.54) is 36.0 Å². The van der Waals surface area contributed by atoms with Crippen molar-refractivity contribution in [2.45, 2.75) is 25.7 Å². The van der Waals surface area contributed by atoms with Crippen molar-refractivity contribution in [3.8, 4) is 0 Å². The molecule has 0 saturated carbocycles. The zero-order valence-corrected chi connectivity index (χ0v) is 8.77. The third-order valence-corrected chi connectivity index (χ3v) is 2.86. The first-order chi connectivity index (χ1) is 6.45. The van der Waals surface area contributed by atoms with Crippen LogP contribution >= 0.6 is 12.4 Å². The Morgan fingerprint density at radius 2 is 1.79 bits per heavy atom. The number of hydrogen-bond donors (Lipinski definition) is 0. The van der Waals surface area contributed by atoms with Gasteiger partial charge >= 0.3 is 0 Å². The Labute approximate surface area is 89.5 Å². The molecule has 1 aromatic heterocycles. The zero-order chi connectivity index (χ0) is 8.67. The Balaban J connectivity index is 0.000000750. The van der Waals surface area contributed by atoms with Crippen molar-refractivity contribution in [1.29, 1.82) is 0 Å². The molecule has 0 bridgehead atoms. The van der Waals surface area contributed by atoms with E-state index in [1.807, 2.05) is 6.07 Å². The van der Waals surface area contributed by atoms with E-state index < -0.39 is 0 Å². The van der Waals surface area contributed by atoms with Crippen LogP contribution in [-0.4, -0.2) is 0 Å². The van der Waals surface area contributed by atoms with E-state index in [0.29, 0.717) is 0 Å². The SMILES string of the molecule is Cl.c1ccc2c3c(oc2c1)CCCC3. The van der Waals surface area contributed by atoms with E-state index in [-0.39, 0.29) is 12.4 Å². The van der Waals surface area contributed by atoms with Gasteiger partial charge in [0.2, 0.25) is 0 Å². The normalized spacial score (nSPS) is 14.9. The molecule has 0 N–H and O–H groups in total. The van der Waals surface area contributed by atoms with Crippen LogP contribution in [0.5, 0.6) is 0 Å². The van der Waals surface area contributed by atoms with Gasteiger partial charge in [-0.25, -0.2) is 0 Å². The van der Waals surface area contributed by atoms with Crippen LogP contribution < -0.4 is 0 Å². The predicted octanol–water partition coefficient (Wildman–Crippen LogP) is 3.73. The highest BCUT2D eigenvalue weighted by Gasteiger charge is 2.16. The number of aryl methyl sites for hydroxylation is 2. The molecule has 0 fully saturated rings. The predicted molar refractivity (Wildman–Crippen MR) is 60.1 cm³/mol. The lowest BCUT2D eigenvalue weighted by Gasteiger charge is -2.08. The second-order valence-electron chi connectivity index (χ2n) is 3.71. The van der Waals surface area contributed by atoms with Crippen LogP contribution in [0.2, 0.25) is 0 Å². The first kappa shape index (κ1) is 9.60. The maximum Gasteiger partial charge on any atom is 0.134 e. The van der Waals surface area contributed by atoms with Gasteiger partial charge in [0.15, 0.2) is 0 Å². The summed E-state index contributed by atoms with van der Waals surface area (Å²) in [4.78, 5) is 0. The van der Waals surface area contributed by atoms with E-state index >= 15 is 0 Å². The van der Waals surface area contributed by atoms with Crippen LogP contribution in [0, 0.1) is 0 Å². The van der Waals surface area contributed by atoms with Crippen molar-refractivity contribution in [3.05, 3.63) is 35.6 Å². The first-order valence-electron chi connectivity index (χ1n) is 4.94. The summed E-state index contributed by atoms with van der Waals surface area (Å²) < 4.78 is 5.79. The topological polar surface area (TPSA) is 13.1 Å². The summed E-state index contributed by atoms with van der Waals surface area (Å²) in [5.41, 5.74) is 2.52. The molecule has 1 aromatic carbocycles. The van der Waals surface area contributed by atoms with E-state index in [2.05, 4.69) is 18.2 Å². The lowest BCUT2D eigenvalue weighted by Crippen LogP contribution is -1.98. The monoisotopic (exact) mass is 208 g/mol. The molecule has 3 rings (SSSR count). The van der Waals surface area contributed by atoms with Crippen LogP contribution in [0.4, 0.5) is 0 Å². The summed E-state index contributed by atoms with van der Waals surface area (Å²) in [6.45, 7) is 0. The molecular formula is C12H13ClO. The minimum absolute atomic E-state index is 0. The Morgan fingerprint density at radius 3 is 2.71 bits per heavy atom. The van der Waals surface area contributed by atoms with Gasteiger partial charge < -0.3 is 4.42 Å². The lowest BCUT2D eigenvalue weighted by molar-refractivity contribution is 0.506. The fraction of sp³-hybridized carbons (Fsp3) is 0.333. The molecule has 0 unspecified atom stereocenters. The highest BCUT2D eigenvalue weighted by molar-refractivity contribution is 5.85. The van der Waals surface area contributed by atoms with E-state index in [1.54, 1.807) is 0 Å². The van der Waals surface area contributed by atoms with Crippen molar-refractivity contribution in [2.24, 2.45) is 0 Å². The van der Waals surface area contributed by atoms with E-state index in [9.17, 15) is 0 Å². The minimum atomic E-state index is 0. The quantitative estimate of drug-likeness (QED) is 0.643. The maximum absolute atomic E-state index is 5.79. The number of benzene rings is 1. The molecule has 1 aliphatic carbocycles. The highest BCUT2D eigenvalue weighted by atomic mass is 35.5. The van der Waals surface area contributed by atoms with Gasteiger partial charge in [-0.3, -0.25) is 0 Å². The summed E-state index contributed by atoms with van der Waals surface area (Å²) >= 11 is 0. The van der Waals surface area contributed by atoms with Crippen molar-refractivity contribution >= 4 is 23.4 Å². The van der Waals surface area contributed by atoms with Crippen molar-refractivity contribution in [1.82, 2.24) is 0 Å². The van der Waals surface area contributed by atoms with Crippen LogP contribution in [0.25, 0.3) is 11.0 Å². The molecule has 2 aromatic rings. The van der Waals surface area contributed by atoms with E-state index in [0.717, 1.165) is 12.0 Å². The maximum atomic E-state index is 5.79. The number of fused-ring (bicyclic) bond motifs is 3. The van der Waals surface area contributed by atoms with Gasteiger partial charge in [-0.05, 0) is 25.3 Å². The molecule has 1 heterocycles. The number of hydrogen-bond acceptors (Lipinski definition) is 1. The minimum Gasteiger partial charge on any atom is -0.461 e. The molecular weight excluding hydrogens is 196 g/mol. The van der Waals surface area contributed by atoms with Crippen LogP contribution in [0.1, 0.15) is 24.2 Å². The first-order valence-corrected chi connectivity index (χ1v) is 4.94. The molecule has 14 heavy (non-hydrogen) atoms. The zero-order valence-electron chi connectivity index (χ0n) is 7.95. The van der Waals surface area contributed by atoms with Crippen molar-refractivity contribution in [3.63, 3.8) is 0 Å². The molecule has 2 heteroatoms. The Morgan fingerprint density at radius 1 is 1.00 bits per heavy atom. The van der Waals surface area contributed by atoms with Crippen molar-refractivity contribution < 1.29 is 4.42 Å². The van der Waals surface area contributed by atoms with Crippen molar-refractivity contribution in [2.75, 3.05) is 0 Å². The van der Waals surface area contributed by atoms with E-state index in [4.69, 9.17) is 4.42 Å². The standard InChI is InChI=1S/C12H12O.ClH/c1-3-7-11-9(5-1)10-6-2-4-8-12(10)13-11;/h1,3,5,7H,2,4,6,8H2;1H. The van der Waals surface area contributed by atoms with Crippen LogP contribution in [-0.2, 0) is 12.8 Å². The van der Waals surface area contributed by atoms with Gasteiger partial charge in [-0.15, -0.1) is 12.4 Å². The highest BCUT2D eigenvalue weighted by Crippen LogP contribution is 2.31. The van der Waals surface area contributed by atoms with Gasteiger partial charge in [-0.2, -0.15) is 0 Å².